The summed E-state index contributed by atoms with van der Waals surface area (Å²) in [5.74, 6) is -1.01. The summed E-state index contributed by atoms with van der Waals surface area (Å²) in [7, 11) is -2.58. The minimum atomic E-state index is -3.95. The van der Waals surface area contributed by atoms with E-state index in [4.69, 9.17) is 9.84 Å². The lowest BCUT2D eigenvalue weighted by atomic mass is 10.2. The summed E-state index contributed by atoms with van der Waals surface area (Å²) in [6.07, 6.45) is 0.785. The highest BCUT2D eigenvalue weighted by Crippen LogP contribution is 2.25. The second-order valence-corrected chi connectivity index (χ2v) is 6.14. The van der Waals surface area contributed by atoms with Crippen molar-refractivity contribution in [2.24, 2.45) is 0 Å². The SMILES string of the molecule is CCC[C@@H](NS(=O)(=O)c1cc(C)ccc1OC)C(=O)O. The van der Waals surface area contributed by atoms with Gasteiger partial charge in [0.05, 0.1) is 7.11 Å². The molecule has 0 fully saturated rings. The van der Waals surface area contributed by atoms with Crippen molar-refractivity contribution in [2.45, 2.75) is 37.6 Å². The van der Waals surface area contributed by atoms with Crippen LogP contribution in [0.4, 0.5) is 0 Å². The third-order valence-corrected chi connectivity index (χ3v) is 4.27. The van der Waals surface area contributed by atoms with Gasteiger partial charge in [0.2, 0.25) is 10.0 Å². The topological polar surface area (TPSA) is 92.7 Å². The van der Waals surface area contributed by atoms with Crippen molar-refractivity contribution in [3.8, 4) is 5.75 Å². The highest BCUT2D eigenvalue weighted by Gasteiger charge is 2.27. The van der Waals surface area contributed by atoms with Crippen LogP contribution >= 0.6 is 0 Å². The fourth-order valence-electron chi connectivity index (χ4n) is 1.77. The highest BCUT2D eigenvalue weighted by molar-refractivity contribution is 7.89. The standard InChI is InChI=1S/C13H19NO5S/c1-4-5-10(13(15)16)14-20(17,18)12-8-9(2)6-7-11(12)19-3/h6-8,10,14H,4-5H2,1-3H3,(H,15,16)/t10-/m1/s1. The van der Waals surface area contributed by atoms with Gasteiger partial charge in [-0.15, -0.1) is 0 Å². The molecule has 0 aliphatic carbocycles. The van der Waals surface area contributed by atoms with E-state index in [1.165, 1.54) is 13.2 Å². The Morgan fingerprint density at radius 2 is 2.10 bits per heavy atom. The van der Waals surface area contributed by atoms with Crippen molar-refractivity contribution in [3.63, 3.8) is 0 Å². The van der Waals surface area contributed by atoms with E-state index in [1.54, 1.807) is 26.0 Å². The van der Waals surface area contributed by atoms with Crippen molar-refractivity contribution >= 4 is 16.0 Å². The molecule has 1 rings (SSSR count). The zero-order valence-corrected chi connectivity index (χ0v) is 12.5. The number of sulfonamides is 1. The van der Waals surface area contributed by atoms with E-state index in [0.717, 1.165) is 5.56 Å². The summed E-state index contributed by atoms with van der Waals surface area (Å²) in [4.78, 5) is 11.0. The number of aliphatic carboxylic acids is 1. The fourth-order valence-corrected chi connectivity index (χ4v) is 3.24. The van der Waals surface area contributed by atoms with E-state index in [9.17, 15) is 13.2 Å². The first-order valence-electron chi connectivity index (χ1n) is 6.21. The van der Waals surface area contributed by atoms with Gasteiger partial charge in [-0.25, -0.2) is 8.42 Å². The molecular weight excluding hydrogens is 282 g/mol. The molecule has 0 aromatic heterocycles. The van der Waals surface area contributed by atoms with E-state index in [-0.39, 0.29) is 17.1 Å². The molecule has 112 valence electrons. The van der Waals surface area contributed by atoms with Crippen molar-refractivity contribution < 1.29 is 23.1 Å². The summed E-state index contributed by atoms with van der Waals surface area (Å²) in [6, 6.07) is 3.57. The maximum atomic E-state index is 12.3. The van der Waals surface area contributed by atoms with Gasteiger partial charge in [0.15, 0.2) is 0 Å². The van der Waals surface area contributed by atoms with Gasteiger partial charge in [0, 0.05) is 0 Å². The largest absolute Gasteiger partial charge is 0.495 e. The highest BCUT2D eigenvalue weighted by atomic mass is 32.2. The molecule has 0 heterocycles. The molecule has 0 saturated carbocycles. The van der Waals surface area contributed by atoms with E-state index in [1.807, 2.05) is 0 Å². The molecule has 1 atom stereocenters. The molecule has 0 bridgehead atoms. The Hall–Kier alpha value is -1.60. The van der Waals surface area contributed by atoms with Gasteiger partial charge in [0.25, 0.3) is 0 Å². The number of carboxylic acid groups (broad SMARTS) is 1. The van der Waals surface area contributed by atoms with E-state index in [2.05, 4.69) is 4.72 Å². The first-order valence-corrected chi connectivity index (χ1v) is 7.70. The van der Waals surface area contributed by atoms with Gasteiger partial charge in [-0.2, -0.15) is 4.72 Å². The quantitative estimate of drug-likeness (QED) is 0.797. The molecule has 0 aliphatic heterocycles. The van der Waals surface area contributed by atoms with E-state index >= 15 is 0 Å². The molecule has 0 spiro atoms. The van der Waals surface area contributed by atoms with Crippen molar-refractivity contribution in [3.05, 3.63) is 23.8 Å². The number of carbonyl (C=O) groups is 1. The number of aryl methyl sites for hydroxylation is 1. The Kier molecular flexibility index (Phi) is 5.52. The zero-order valence-electron chi connectivity index (χ0n) is 11.7. The van der Waals surface area contributed by atoms with Crippen LogP contribution in [0.3, 0.4) is 0 Å². The molecule has 0 aliphatic rings. The number of nitrogens with one attached hydrogen (secondary N) is 1. The maximum Gasteiger partial charge on any atom is 0.321 e. The lowest BCUT2D eigenvalue weighted by Gasteiger charge is -2.16. The maximum absolute atomic E-state index is 12.3. The summed E-state index contributed by atoms with van der Waals surface area (Å²) in [6.45, 7) is 3.54. The van der Waals surface area contributed by atoms with Crippen LogP contribution in [-0.4, -0.2) is 32.6 Å². The molecule has 0 amide bonds. The van der Waals surface area contributed by atoms with Crippen LogP contribution in [0.15, 0.2) is 23.1 Å². The molecule has 0 radical (unpaired) electrons. The number of ether oxygens (including phenoxy) is 1. The van der Waals surface area contributed by atoms with Crippen LogP contribution in [0.5, 0.6) is 5.75 Å². The minimum absolute atomic E-state index is 0.0534. The van der Waals surface area contributed by atoms with E-state index in [0.29, 0.717) is 6.42 Å². The Bertz CT molecular complexity index is 582. The molecule has 0 saturated heterocycles. The van der Waals surface area contributed by atoms with Gasteiger partial charge >= 0.3 is 5.97 Å². The third-order valence-electron chi connectivity index (χ3n) is 2.78. The molecule has 0 unspecified atom stereocenters. The molecule has 1 aromatic carbocycles. The predicted octanol–water partition coefficient (Wildman–Crippen LogP) is 1.54. The van der Waals surface area contributed by atoms with Crippen LogP contribution in [-0.2, 0) is 14.8 Å². The summed E-state index contributed by atoms with van der Waals surface area (Å²) < 4.78 is 31.8. The zero-order chi connectivity index (χ0) is 15.3. The first-order chi connectivity index (χ1) is 9.31. The average Bonchev–Trinajstić information content (AvgIpc) is 2.38. The minimum Gasteiger partial charge on any atom is -0.495 e. The molecule has 20 heavy (non-hydrogen) atoms. The van der Waals surface area contributed by atoms with Crippen LogP contribution in [0.2, 0.25) is 0 Å². The van der Waals surface area contributed by atoms with Gasteiger partial charge in [-0.1, -0.05) is 19.4 Å². The number of hydrogen-bond donors (Lipinski definition) is 2. The van der Waals surface area contributed by atoms with Crippen LogP contribution in [0.1, 0.15) is 25.3 Å². The van der Waals surface area contributed by atoms with Crippen LogP contribution in [0, 0.1) is 6.92 Å². The Morgan fingerprint density at radius 3 is 2.60 bits per heavy atom. The molecular formula is C13H19NO5S. The second-order valence-electron chi connectivity index (χ2n) is 4.46. The first kappa shape index (κ1) is 16.5. The number of methoxy groups -OCH3 is 1. The number of benzene rings is 1. The van der Waals surface area contributed by atoms with Crippen molar-refractivity contribution in [2.75, 3.05) is 7.11 Å². The molecule has 2 N–H and O–H groups in total. The average molecular weight is 301 g/mol. The Labute approximate surface area is 118 Å². The summed E-state index contributed by atoms with van der Waals surface area (Å²) in [5.41, 5.74) is 0.744. The van der Waals surface area contributed by atoms with Gasteiger partial charge in [-0.05, 0) is 31.0 Å². The summed E-state index contributed by atoms with van der Waals surface area (Å²) in [5, 5.41) is 9.04. The lowest BCUT2D eigenvalue weighted by molar-refractivity contribution is -0.139. The smallest absolute Gasteiger partial charge is 0.321 e. The second kappa shape index (κ2) is 6.71. The molecule has 7 heteroatoms. The third kappa shape index (κ3) is 3.94. The lowest BCUT2D eigenvalue weighted by Crippen LogP contribution is -2.40. The number of carboxylic acids is 1. The Morgan fingerprint density at radius 1 is 1.45 bits per heavy atom. The normalized spacial score (nSPS) is 12.9. The number of rotatable bonds is 7. The van der Waals surface area contributed by atoms with Crippen LogP contribution in [0.25, 0.3) is 0 Å². The monoisotopic (exact) mass is 301 g/mol. The predicted molar refractivity (Wildman–Crippen MR) is 74.4 cm³/mol. The summed E-state index contributed by atoms with van der Waals surface area (Å²) >= 11 is 0. The number of hydrogen-bond acceptors (Lipinski definition) is 4. The van der Waals surface area contributed by atoms with Crippen LogP contribution < -0.4 is 9.46 Å². The van der Waals surface area contributed by atoms with Gasteiger partial charge < -0.3 is 9.84 Å². The Balaban J connectivity index is 3.16. The van der Waals surface area contributed by atoms with Gasteiger partial charge in [0.1, 0.15) is 16.7 Å². The molecule has 6 nitrogen and oxygen atoms in total. The fraction of sp³-hybridized carbons (Fsp3) is 0.462. The van der Waals surface area contributed by atoms with Crippen molar-refractivity contribution in [1.82, 2.24) is 4.72 Å². The van der Waals surface area contributed by atoms with Gasteiger partial charge in [-0.3, -0.25) is 4.79 Å². The molecule has 1 aromatic rings. The van der Waals surface area contributed by atoms with Crippen molar-refractivity contribution in [1.29, 1.82) is 0 Å². The van der Waals surface area contributed by atoms with E-state index < -0.39 is 22.0 Å².